The highest BCUT2D eigenvalue weighted by molar-refractivity contribution is 5.79. The van der Waals surface area contributed by atoms with Crippen molar-refractivity contribution in [3.8, 4) is 0 Å². The van der Waals surface area contributed by atoms with Crippen molar-refractivity contribution in [2.75, 3.05) is 17.2 Å². The van der Waals surface area contributed by atoms with Crippen molar-refractivity contribution >= 4 is 22.7 Å². The minimum atomic E-state index is 0.550. The number of hydrogen-bond donors (Lipinski definition) is 1. The van der Waals surface area contributed by atoms with Crippen LogP contribution in [-0.4, -0.2) is 22.6 Å². The molecule has 2 N–H and O–H groups in total. The molecule has 4 nitrogen and oxygen atoms in total. The first-order valence-electron chi connectivity index (χ1n) is 6.58. The number of nitrogen functional groups attached to an aromatic ring is 1. The lowest BCUT2D eigenvalue weighted by molar-refractivity contribution is 0.752. The molecule has 0 unspecified atom stereocenters. The normalized spacial score (nSPS) is 14.9. The summed E-state index contributed by atoms with van der Waals surface area (Å²) in [6.45, 7) is 3.18. The summed E-state index contributed by atoms with van der Waals surface area (Å²) in [7, 11) is 0. The van der Waals surface area contributed by atoms with E-state index in [0.29, 0.717) is 11.9 Å². The molecule has 1 aromatic carbocycles. The van der Waals surface area contributed by atoms with Gasteiger partial charge in [-0.05, 0) is 31.4 Å². The van der Waals surface area contributed by atoms with Gasteiger partial charge < -0.3 is 10.6 Å². The highest BCUT2D eigenvalue weighted by Gasteiger charge is 2.31. The van der Waals surface area contributed by atoms with Crippen LogP contribution in [0.1, 0.15) is 26.2 Å². The molecule has 0 amide bonds. The quantitative estimate of drug-likeness (QED) is 0.895. The molecule has 4 heteroatoms. The zero-order chi connectivity index (χ0) is 12.5. The number of fused-ring (bicyclic) bond motifs is 1. The average molecular weight is 242 g/mol. The summed E-state index contributed by atoms with van der Waals surface area (Å²) in [6, 6.07) is 8.49. The number of rotatable bonds is 4. The fourth-order valence-electron chi connectivity index (χ4n) is 2.30. The maximum absolute atomic E-state index is 6.07. The van der Waals surface area contributed by atoms with Crippen LogP contribution in [0.4, 0.5) is 11.6 Å². The molecule has 3 rings (SSSR count). The van der Waals surface area contributed by atoms with E-state index in [9.17, 15) is 0 Å². The molecule has 94 valence electrons. The topological polar surface area (TPSA) is 55.0 Å². The molecule has 1 heterocycles. The molecule has 0 aliphatic heterocycles. The van der Waals surface area contributed by atoms with Crippen LogP contribution in [0.3, 0.4) is 0 Å². The van der Waals surface area contributed by atoms with Crippen molar-refractivity contribution in [1.82, 2.24) is 9.97 Å². The summed E-state index contributed by atoms with van der Waals surface area (Å²) in [5.74, 6) is 1.41. The molecule has 1 aliphatic carbocycles. The Morgan fingerprint density at radius 3 is 2.50 bits per heavy atom. The van der Waals surface area contributed by atoms with E-state index < -0.39 is 0 Å². The highest BCUT2D eigenvalue weighted by atomic mass is 15.3. The Morgan fingerprint density at radius 1 is 1.22 bits per heavy atom. The predicted molar refractivity (Wildman–Crippen MR) is 74.6 cm³/mol. The summed E-state index contributed by atoms with van der Waals surface area (Å²) in [6.07, 6.45) is 3.59. The number of nitrogens with two attached hydrogens (primary N) is 1. The maximum atomic E-state index is 6.07. The van der Waals surface area contributed by atoms with E-state index in [-0.39, 0.29) is 0 Å². The van der Waals surface area contributed by atoms with Crippen LogP contribution >= 0.6 is 0 Å². The van der Waals surface area contributed by atoms with Gasteiger partial charge in [0.2, 0.25) is 0 Å². The van der Waals surface area contributed by atoms with E-state index in [4.69, 9.17) is 10.7 Å². The summed E-state index contributed by atoms with van der Waals surface area (Å²) in [5.41, 5.74) is 7.85. The average Bonchev–Trinajstić information content (AvgIpc) is 3.20. The number of para-hydroxylation sites is 2. The van der Waals surface area contributed by atoms with E-state index >= 15 is 0 Å². The van der Waals surface area contributed by atoms with Gasteiger partial charge in [0.25, 0.3) is 0 Å². The van der Waals surface area contributed by atoms with Gasteiger partial charge in [0.15, 0.2) is 11.6 Å². The Labute approximate surface area is 107 Å². The largest absolute Gasteiger partial charge is 0.381 e. The fraction of sp³-hybridized carbons (Fsp3) is 0.429. The maximum Gasteiger partial charge on any atom is 0.172 e. The van der Waals surface area contributed by atoms with Gasteiger partial charge in [-0.15, -0.1) is 0 Å². The van der Waals surface area contributed by atoms with Crippen LogP contribution in [-0.2, 0) is 0 Å². The molecule has 1 aliphatic rings. The van der Waals surface area contributed by atoms with Crippen LogP contribution in [0.2, 0.25) is 0 Å². The van der Waals surface area contributed by atoms with E-state index in [1.165, 1.54) is 12.8 Å². The third kappa shape index (κ3) is 1.98. The lowest BCUT2D eigenvalue weighted by atomic mass is 10.3. The molecule has 0 bridgehead atoms. The van der Waals surface area contributed by atoms with Gasteiger partial charge in [-0.2, -0.15) is 0 Å². The number of benzene rings is 1. The van der Waals surface area contributed by atoms with Crippen molar-refractivity contribution in [2.24, 2.45) is 0 Å². The Hall–Kier alpha value is -1.84. The van der Waals surface area contributed by atoms with Crippen LogP contribution in [0.5, 0.6) is 0 Å². The predicted octanol–water partition coefficient (Wildman–Crippen LogP) is 2.59. The Morgan fingerprint density at radius 2 is 1.89 bits per heavy atom. The summed E-state index contributed by atoms with van der Waals surface area (Å²) in [5, 5.41) is 0. The van der Waals surface area contributed by atoms with Crippen molar-refractivity contribution in [3.05, 3.63) is 24.3 Å². The van der Waals surface area contributed by atoms with Crippen molar-refractivity contribution in [1.29, 1.82) is 0 Å². The van der Waals surface area contributed by atoms with Crippen LogP contribution in [0.25, 0.3) is 11.0 Å². The van der Waals surface area contributed by atoms with Gasteiger partial charge in [0.05, 0.1) is 11.0 Å². The van der Waals surface area contributed by atoms with Gasteiger partial charge in [-0.3, -0.25) is 0 Å². The fourth-order valence-corrected chi connectivity index (χ4v) is 2.30. The molecule has 0 saturated heterocycles. The third-order valence-corrected chi connectivity index (χ3v) is 3.30. The van der Waals surface area contributed by atoms with E-state index in [1.54, 1.807) is 0 Å². The van der Waals surface area contributed by atoms with Crippen LogP contribution in [0, 0.1) is 0 Å². The van der Waals surface area contributed by atoms with Gasteiger partial charge in [0.1, 0.15) is 0 Å². The molecular formula is C14H18N4. The molecule has 2 aromatic rings. The lowest BCUT2D eigenvalue weighted by Crippen LogP contribution is -2.28. The summed E-state index contributed by atoms with van der Waals surface area (Å²) in [4.78, 5) is 11.5. The smallest absolute Gasteiger partial charge is 0.172 e. The molecule has 18 heavy (non-hydrogen) atoms. The first kappa shape index (κ1) is 11.3. The van der Waals surface area contributed by atoms with E-state index in [0.717, 1.165) is 29.8 Å². The van der Waals surface area contributed by atoms with Gasteiger partial charge in [-0.25, -0.2) is 9.97 Å². The van der Waals surface area contributed by atoms with Crippen molar-refractivity contribution < 1.29 is 0 Å². The molecule has 1 saturated carbocycles. The molecule has 0 atom stereocenters. The van der Waals surface area contributed by atoms with Crippen LogP contribution in [0.15, 0.2) is 24.3 Å². The first-order valence-corrected chi connectivity index (χ1v) is 6.58. The number of anilines is 2. The molecular weight excluding hydrogens is 224 g/mol. The molecule has 1 aromatic heterocycles. The second-order valence-electron chi connectivity index (χ2n) is 4.85. The summed E-state index contributed by atoms with van der Waals surface area (Å²) < 4.78 is 0. The minimum absolute atomic E-state index is 0.550. The van der Waals surface area contributed by atoms with Gasteiger partial charge >= 0.3 is 0 Å². The zero-order valence-electron chi connectivity index (χ0n) is 10.6. The second kappa shape index (κ2) is 4.44. The van der Waals surface area contributed by atoms with Crippen molar-refractivity contribution in [3.63, 3.8) is 0 Å². The Balaban J connectivity index is 2.06. The first-order chi connectivity index (χ1) is 8.79. The SMILES string of the molecule is CCCN(c1nc2ccccc2nc1N)C1CC1. The zero-order valence-corrected chi connectivity index (χ0v) is 10.6. The molecule has 0 radical (unpaired) electrons. The van der Waals surface area contributed by atoms with Gasteiger partial charge in [0, 0.05) is 12.6 Å². The number of nitrogens with zero attached hydrogens (tertiary/aromatic N) is 3. The molecule has 0 spiro atoms. The monoisotopic (exact) mass is 242 g/mol. The van der Waals surface area contributed by atoms with E-state index in [2.05, 4.69) is 16.8 Å². The molecule has 1 fully saturated rings. The third-order valence-electron chi connectivity index (χ3n) is 3.30. The standard InChI is InChI=1S/C14H18N4/c1-2-9-18(10-7-8-10)14-13(15)16-11-5-3-4-6-12(11)17-14/h3-6,10H,2,7-9H2,1H3,(H2,15,16). The minimum Gasteiger partial charge on any atom is -0.381 e. The Kier molecular flexibility index (Phi) is 2.78. The van der Waals surface area contributed by atoms with Crippen molar-refractivity contribution in [2.45, 2.75) is 32.2 Å². The Bertz CT molecular complexity index is 563. The second-order valence-corrected chi connectivity index (χ2v) is 4.85. The van der Waals surface area contributed by atoms with Gasteiger partial charge in [-0.1, -0.05) is 19.1 Å². The number of aromatic nitrogens is 2. The van der Waals surface area contributed by atoms with Crippen LogP contribution < -0.4 is 10.6 Å². The lowest BCUT2D eigenvalue weighted by Gasteiger charge is -2.23. The number of hydrogen-bond acceptors (Lipinski definition) is 4. The van der Waals surface area contributed by atoms with E-state index in [1.807, 2.05) is 24.3 Å². The highest BCUT2D eigenvalue weighted by Crippen LogP contribution is 2.33. The summed E-state index contributed by atoms with van der Waals surface area (Å²) >= 11 is 0.